The van der Waals surface area contributed by atoms with Crippen LogP contribution in [0, 0.1) is 10.1 Å². The van der Waals surface area contributed by atoms with Crippen molar-refractivity contribution in [1.82, 2.24) is 4.98 Å². The number of nitrogens with zero attached hydrogens (tertiary/aromatic N) is 2. The van der Waals surface area contributed by atoms with E-state index in [9.17, 15) is 19.7 Å². The summed E-state index contributed by atoms with van der Waals surface area (Å²) >= 11 is 0. The maximum Gasteiger partial charge on any atom is 0.316 e. The molecule has 0 aliphatic heterocycles. The number of carbonyl (C=O) groups is 2. The van der Waals surface area contributed by atoms with Gasteiger partial charge in [-0.3, -0.25) is 19.7 Å². The highest BCUT2D eigenvalue weighted by Gasteiger charge is 2.48. The Morgan fingerprint density at radius 3 is 2.50 bits per heavy atom. The summed E-state index contributed by atoms with van der Waals surface area (Å²) in [5.74, 6) is -0.389. The molecule has 0 atom stereocenters. The van der Waals surface area contributed by atoms with Crippen molar-refractivity contribution in [3.8, 4) is 5.88 Å². The Labute approximate surface area is 126 Å². The van der Waals surface area contributed by atoms with Gasteiger partial charge in [0.1, 0.15) is 17.4 Å². The van der Waals surface area contributed by atoms with Gasteiger partial charge in [-0.05, 0) is 12.8 Å². The van der Waals surface area contributed by atoms with Gasteiger partial charge < -0.3 is 9.47 Å². The van der Waals surface area contributed by atoms with E-state index in [1.165, 1.54) is 20.3 Å². The summed E-state index contributed by atoms with van der Waals surface area (Å²) in [5, 5.41) is 11.3. The first kappa shape index (κ1) is 15.9. The summed E-state index contributed by atoms with van der Waals surface area (Å²) in [6.45, 7) is 0. The molecule has 22 heavy (non-hydrogen) atoms. The third kappa shape index (κ3) is 2.63. The van der Waals surface area contributed by atoms with Crippen molar-refractivity contribution < 1.29 is 24.0 Å². The predicted octanol–water partition coefficient (Wildman–Crippen LogP) is 1.55. The third-order valence-electron chi connectivity index (χ3n) is 4.02. The van der Waals surface area contributed by atoms with E-state index < -0.39 is 16.3 Å². The van der Waals surface area contributed by atoms with Crippen molar-refractivity contribution in [2.45, 2.75) is 31.1 Å². The highest BCUT2D eigenvalue weighted by atomic mass is 16.6. The molecule has 0 N–H and O–H groups in total. The number of nitro groups is 1. The first-order valence-corrected chi connectivity index (χ1v) is 6.73. The van der Waals surface area contributed by atoms with Crippen molar-refractivity contribution in [3.05, 3.63) is 27.9 Å². The van der Waals surface area contributed by atoms with Crippen LogP contribution >= 0.6 is 0 Å². The first-order valence-electron chi connectivity index (χ1n) is 6.73. The third-order valence-corrected chi connectivity index (χ3v) is 4.02. The molecule has 1 saturated carbocycles. The normalized spacial score (nSPS) is 16.9. The van der Waals surface area contributed by atoms with Crippen LogP contribution in [-0.4, -0.2) is 35.9 Å². The number of ether oxygens (including phenoxy) is 2. The SMILES string of the molecule is COC(=O)C1(c2cc(OC)ncc2[N+](=O)[O-])CCC(=O)CC1. The van der Waals surface area contributed by atoms with Gasteiger partial charge in [-0.2, -0.15) is 0 Å². The summed E-state index contributed by atoms with van der Waals surface area (Å²) in [7, 11) is 2.61. The second-order valence-electron chi connectivity index (χ2n) is 5.11. The van der Waals surface area contributed by atoms with Gasteiger partial charge in [0.25, 0.3) is 5.69 Å². The van der Waals surface area contributed by atoms with E-state index in [2.05, 4.69) is 4.98 Å². The Morgan fingerprint density at radius 1 is 1.36 bits per heavy atom. The van der Waals surface area contributed by atoms with E-state index in [0.717, 1.165) is 6.20 Å². The summed E-state index contributed by atoms with van der Waals surface area (Å²) in [5.41, 5.74) is -1.31. The molecule has 0 radical (unpaired) electrons. The maximum absolute atomic E-state index is 12.4. The molecule has 0 aromatic carbocycles. The van der Waals surface area contributed by atoms with Crippen LogP contribution < -0.4 is 4.74 Å². The van der Waals surface area contributed by atoms with Gasteiger partial charge in [0.2, 0.25) is 5.88 Å². The van der Waals surface area contributed by atoms with Gasteiger partial charge >= 0.3 is 5.97 Å². The molecule has 1 aromatic rings. The molecule has 0 bridgehead atoms. The molecule has 0 saturated heterocycles. The monoisotopic (exact) mass is 308 g/mol. The minimum absolute atomic E-state index is 0.0307. The topological polar surface area (TPSA) is 109 Å². The zero-order chi connectivity index (χ0) is 16.3. The minimum Gasteiger partial charge on any atom is -0.481 e. The average molecular weight is 308 g/mol. The molecular weight excluding hydrogens is 292 g/mol. The molecule has 1 aliphatic rings. The second kappa shape index (κ2) is 6.08. The van der Waals surface area contributed by atoms with Gasteiger partial charge in [0, 0.05) is 18.9 Å². The number of hydrogen-bond acceptors (Lipinski definition) is 7. The van der Waals surface area contributed by atoms with Gasteiger partial charge in [0.15, 0.2) is 0 Å². The van der Waals surface area contributed by atoms with Gasteiger partial charge in [-0.1, -0.05) is 0 Å². The molecule has 8 heteroatoms. The summed E-state index contributed by atoms with van der Waals surface area (Å²) in [6.07, 6.45) is 1.77. The fourth-order valence-electron chi connectivity index (χ4n) is 2.80. The molecule has 1 aliphatic carbocycles. The number of aromatic nitrogens is 1. The molecule has 1 heterocycles. The predicted molar refractivity (Wildman–Crippen MR) is 74.6 cm³/mol. The molecule has 1 fully saturated rings. The zero-order valence-electron chi connectivity index (χ0n) is 12.3. The lowest BCUT2D eigenvalue weighted by Gasteiger charge is -2.33. The number of pyridine rings is 1. The zero-order valence-corrected chi connectivity index (χ0v) is 12.3. The average Bonchev–Trinajstić information content (AvgIpc) is 2.54. The first-order chi connectivity index (χ1) is 10.4. The molecule has 1 aromatic heterocycles. The fraction of sp³-hybridized carbons (Fsp3) is 0.500. The van der Waals surface area contributed by atoms with Gasteiger partial charge in [0.05, 0.1) is 24.7 Å². The fourth-order valence-corrected chi connectivity index (χ4v) is 2.80. The van der Waals surface area contributed by atoms with Crippen molar-refractivity contribution in [2.75, 3.05) is 14.2 Å². The van der Waals surface area contributed by atoms with Crippen molar-refractivity contribution in [1.29, 1.82) is 0 Å². The molecular formula is C14H16N2O6. The van der Waals surface area contributed by atoms with Crippen LogP contribution in [-0.2, 0) is 19.7 Å². The molecule has 8 nitrogen and oxygen atoms in total. The number of rotatable bonds is 4. The van der Waals surface area contributed by atoms with Crippen molar-refractivity contribution >= 4 is 17.4 Å². The highest BCUT2D eigenvalue weighted by Crippen LogP contribution is 2.44. The smallest absolute Gasteiger partial charge is 0.316 e. The Bertz CT molecular complexity index is 618. The Hall–Kier alpha value is -2.51. The van der Waals surface area contributed by atoms with Gasteiger partial charge in [-0.15, -0.1) is 0 Å². The van der Waals surface area contributed by atoms with Crippen LogP contribution in [0.5, 0.6) is 5.88 Å². The Morgan fingerprint density at radius 2 is 2.00 bits per heavy atom. The van der Waals surface area contributed by atoms with Gasteiger partial charge in [-0.25, -0.2) is 4.98 Å². The lowest BCUT2D eigenvalue weighted by molar-refractivity contribution is -0.386. The molecule has 2 rings (SSSR count). The van der Waals surface area contributed by atoms with E-state index in [1.807, 2.05) is 0 Å². The largest absolute Gasteiger partial charge is 0.481 e. The van der Waals surface area contributed by atoms with Crippen molar-refractivity contribution in [3.63, 3.8) is 0 Å². The highest BCUT2D eigenvalue weighted by molar-refractivity contribution is 5.89. The van der Waals surface area contributed by atoms with Crippen LogP contribution in [0.4, 0.5) is 5.69 Å². The number of carbonyl (C=O) groups excluding carboxylic acids is 2. The maximum atomic E-state index is 12.4. The number of Topliss-reactive ketones (excluding diaryl/α,β-unsaturated/α-hetero) is 1. The summed E-state index contributed by atoms with van der Waals surface area (Å²) in [4.78, 5) is 38.4. The summed E-state index contributed by atoms with van der Waals surface area (Å²) in [6, 6.07) is 1.38. The lowest BCUT2D eigenvalue weighted by Crippen LogP contribution is -2.41. The molecule has 118 valence electrons. The summed E-state index contributed by atoms with van der Waals surface area (Å²) < 4.78 is 9.86. The number of methoxy groups -OCH3 is 2. The van der Waals surface area contributed by atoms with Crippen LogP contribution in [0.1, 0.15) is 31.2 Å². The number of hydrogen-bond donors (Lipinski definition) is 0. The molecule has 0 spiro atoms. The minimum atomic E-state index is -1.22. The molecule has 0 amide bonds. The molecule has 0 unspecified atom stereocenters. The lowest BCUT2D eigenvalue weighted by atomic mass is 9.68. The number of esters is 1. The Balaban J connectivity index is 2.63. The van der Waals surface area contributed by atoms with E-state index in [0.29, 0.717) is 0 Å². The Kier molecular flexibility index (Phi) is 4.39. The van der Waals surface area contributed by atoms with Crippen LogP contribution in [0.3, 0.4) is 0 Å². The van der Waals surface area contributed by atoms with Crippen LogP contribution in [0.15, 0.2) is 12.3 Å². The quantitative estimate of drug-likeness (QED) is 0.471. The second-order valence-corrected chi connectivity index (χ2v) is 5.11. The van der Waals surface area contributed by atoms with E-state index in [4.69, 9.17) is 9.47 Å². The van der Waals surface area contributed by atoms with Crippen LogP contribution in [0.2, 0.25) is 0 Å². The van der Waals surface area contributed by atoms with Crippen LogP contribution in [0.25, 0.3) is 0 Å². The van der Waals surface area contributed by atoms with Crippen molar-refractivity contribution in [2.24, 2.45) is 0 Å². The number of ketones is 1. The van der Waals surface area contributed by atoms with E-state index in [1.54, 1.807) is 0 Å². The van der Waals surface area contributed by atoms with E-state index >= 15 is 0 Å². The standard InChI is InChI=1S/C14H16N2O6/c1-21-12-7-10(11(8-15-12)16(19)20)14(13(18)22-2)5-3-9(17)4-6-14/h7-8H,3-6H2,1-2H3. The van der Waals surface area contributed by atoms with E-state index in [-0.39, 0.29) is 48.6 Å².